The zero-order chi connectivity index (χ0) is 38.4. The predicted octanol–water partition coefficient (Wildman–Crippen LogP) is 15.6. The van der Waals surface area contributed by atoms with Crippen molar-refractivity contribution in [3.8, 4) is 66.8 Å². The Bertz CT molecular complexity index is 3580. The van der Waals surface area contributed by atoms with Crippen molar-refractivity contribution in [2.24, 2.45) is 0 Å². The van der Waals surface area contributed by atoms with Crippen LogP contribution in [-0.2, 0) is 5.41 Å². The number of fused-ring (bicyclic) bond motifs is 19. The first kappa shape index (κ1) is 31.5. The van der Waals surface area contributed by atoms with Crippen LogP contribution in [0.5, 0.6) is 0 Å². The first-order valence-corrected chi connectivity index (χ1v) is 20.8. The normalized spacial score (nSPS) is 13.6. The molecule has 0 heteroatoms. The lowest BCUT2D eigenvalue weighted by Gasteiger charge is -2.32. The highest BCUT2D eigenvalue weighted by atomic mass is 14.5. The van der Waals surface area contributed by atoms with E-state index in [9.17, 15) is 0 Å². The van der Waals surface area contributed by atoms with Gasteiger partial charge in [0.2, 0.25) is 0 Å². The fourth-order valence-electron chi connectivity index (χ4n) is 11.6. The van der Waals surface area contributed by atoms with Crippen LogP contribution in [0.15, 0.2) is 206 Å². The molecular weight excluding hydrogens is 709 g/mol. The van der Waals surface area contributed by atoms with Gasteiger partial charge in [0, 0.05) is 0 Å². The first-order chi connectivity index (χ1) is 29.3. The van der Waals surface area contributed by atoms with Crippen molar-refractivity contribution in [1.82, 2.24) is 0 Å². The summed E-state index contributed by atoms with van der Waals surface area (Å²) in [5, 5.41) is 10.5. The molecule has 0 saturated heterocycles. The van der Waals surface area contributed by atoms with E-state index < -0.39 is 5.41 Å². The maximum Gasteiger partial charge on any atom is 0.0731 e. The van der Waals surface area contributed by atoms with Gasteiger partial charge in [-0.2, -0.15) is 0 Å². The van der Waals surface area contributed by atoms with Crippen molar-refractivity contribution in [1.29, 1.82) is 0 Å². The summed E-state index contributed by atoms with van der Waals surface area (Å²) in [4.78, 5) is 0. The van der Waals surface area contributed by atoms with Gasteiger partial charge >= 0.3 is 0 Å². The minimum absolute atomic E-state index is 0.450. The van der Waals surface area contributed by atoms with Crippen molar-refractivity contribution in [2.75, 3.05) is 0 Å². The van der Waals surface area contributed by atoms with Crippen LogP contribution in [0.3, 0.4) is 0 Å². The van der Waals surface area contributed by atoms with Gasteiger partial charge < -0.3 is 0 Å². The standard InChI is InChI=1S/C59H34/c1-2-13-38-34-55-52(33-37(38)12-1)57-48-19-6-5-16-43(48)51-32-39(28-29-50(51)58(57)59(55)53-22-9-7-17-44(53)45-18-8-10-23-54(45)59)35-24-26-36(27-25-35)40-30-31-49-42-15-4-3-14-41(42)47-21-11-20-46(40)56(47)49/h1-34H. The molecule has 0 amide bonds. The fraction of sp³-hybridized carbons (Fsp3) is 0.0169. The topological polar surface area (TPSA) is 0 Å². The van der Waals surface area contributed by atoms with Gasteiger partial charge in [-0.1, -0.05) is 188 Å². The van der Waals surface area contributed by atoms with Crippen LogP contribution in [0.4, 0.5) is 0 Å². The van der Waals surface area contributed by atoms with E-state index in [4.69, 9.17) is 0 Å². The second kappa shape index (κ2) is 11.3. The van der Waals surface area contributed by atoms with E-state index in [1.807, 2.05) is 0 Å². The summed E-state index contributed by atoms with van der Waals surface area (Å²) in [5.41, 5.74) is 20.8. The maximum absolute atomic E-state index is 2.50. The van der Waals surface area contributed by atoms with Gasteiger partial charge in [-0.3, -0.25) is 0 Å². The van der Waals surface area contributed by atoms with Gasteiger partial charge in [0.25, 0.3) is 0 Å². The molecule has 0 saturated carbocycles. The molecule has 0 bridgehead atoms. The van der Waals surface area contributed by atoms with E-state index in [-0.39, 0.29) is 0 Å². The Labute approximate surface area is 342 Å². The minimum Gasteiger partial charge on any atom is -0.0619 e. The van der Waals surface area contributed by atoms with E-state index in [2.05, 4.69) is 206 Å². The second-order valence-electron chi connectivity index (χ2n) is 16.7. The lowest BCUT2D eigenvalue weighted by atomic mass is 9.69. The highest BCUT2D eigenvalue weighted by Crippen LogP contribution is 2.66. The summed E-state index contributed by atoms with van der Waals surface area (Å²) in [6.07, 6.45) is 0. The molecule has 270 valence electrons. The van der Waals surface area contributed by atoms with Crippen LogP contribution < -0.4 is 0 Å². The monoisotopic (exact) mass is 742 g/mol. The molecule has 11 aromatic carbocycles. The van der Waals surface area contributed by atoms with E-state index in [0.29, 0.717) is 0 Å². The predicted molar refractivity (Wildman–Crippen MR) is 248 cm³/mol. The van der Waals surface area contributed by atoms with Gasteiger partial charge in [-0.15, -0.1) is 0 Å². The molecule has 11 aromatic rings. The third-order valence-electron chi connectivity index (χ3n) is 14.0. The lowest BCUT2D eigenvalue weighted by molar-refractivity contribution is 0.803. The molecule has 3 aliphatic carbocycles. The van der Waals surface area contributed by atoms with Crippen LogP contribution in [0.25, 0.3) is 110 Å². The molecule has 59 heavy (non-hydrogen) atoms. The molecule has 0 fully saturated rings. The van der Waals surface area contributed by atoms with Crippen molar-refractivity contribution >= 4 is 43.1 Å². The molecule has 0 unspecified atom stereocenters. The van der Waals surface area contributed by atoms with E-state index in [1.54, 1.807) is 0 Å². The van der Waals surface area contributed by atoms with Gasteiger partial charge in [0.05, 0.1) is 5.41 Å². The molecule has 0 aromatic heterocycles. The maximum atomic E-state index is 2.50. The smallest absolute Gasteiger partial charge is 0.0619 e. The van der Waals surface area contributed by atoms with Crippen LogP contribution in [-0.4, -0.2) is 0 Å². The summed E-state index contributed by atoms with van der Waals surface area (Å²) in [5.74, 6) is 0. The lowest BCUT2D eigenvalue weighted by Crippen LogP contribution is -2.26. The van der Waals surface area contributed by atoms with Crippen molar-refractivity contribution in [3.63, 3.8) is 0 Å². The second-order valence-corrected chi connectivity index (χ2v) is 16.7. The van der Waals surface area contributed by atoms with Crippen molar-refractivity contribution in [2.45, 2.75) is 5.41 Å². The van der Waals surface area contributed by atoms with E-state index >= 15 is 0 Å². The quantitative estimate of drug-likeness (QED) is 0.155. The average molecular weight is 743 g/mol. The first-order valence-electron chi connectivity index (χ1n) is 20.8. The average Bonchev–Trinajstić information content (AvgIpc) is 3.91. The minimum atomic E-state index is -0.450. The molecule has 3 aliphatic rings. The van der Waals surface area contributed by atoms with Crippen LogP contribution in [0.2, 0.25) is 0 Å². The molecule has 0 atom stereocenters. The molecule has 0 radical (unpaired) electrons. The van der Waals surface area contributed by atoms with Crippen molar-refractivity contribution in [3.05, 3.63) is 229 Å². The number of benzene rings is 11. The van der Waals surface area contributed by atoms with Crippen LogP contribution in [0, 0.1) is 0 Å². The van der Waals surface area contributed by atoms with E-state index in [0.717, 1.165) is 0 Å². The molecule has 0 nitrogen and oxygen atoms in total. The SMILES string of the molecule is c1ccc2c(c1)-c1cccc3c(-c4ccc(-c5ccc6c7c(c8ccccc8c6c5)-c5cc6ccccc6cc5C75c6ccccc6-c6ccccc65)cc4)ccc-2c13. The van der Waals surface area contributed by atoms with E-state index in [1.165, 1.54) is 132 Å². The number of rotatable bonds is 2. The zero-order valence-electron chi connectivity index (χ0n) is 32.1. The summed E-state index contributed by atoms with van der Waals surface area (Å²) in [7, 11) is 0. The van der Waals surface area contributed by atoms with Gasteiger partial charge in [-0.05, 0) is 150 Å². The van der Waals surface area contributed by atoms with Crippen LogP contribution in [0.1, 0.15) is 22.3 Å². The Morgan fingerprint density at radius 1 is 0.254 bits per heavy atom. The van der Waals surface area contributed by atoms with Crippen molar-refractivity contribution < 1.29 is 0 Å². The number of hydrogen-bond donors (Lipinski definition) is 0. The third-order valence-corrected chi connectivity index (χ3v) is 14.0. The number of hydrogen-bond acceptors (Lipinski definition) is 0. The fourth-order valence-corrected chi connectivity index (χ4v) is 11.6. The molecule has 14 rings (SSSR count). The summed E-state index contributed by atoms with van der Waals surface area (Å²) >= 11 is 0. The molecule has 1 spiro atoms. The summed E-state index contributed by atoms with van der Waals surface area (Å²) in [6.45, 7) is 0. The third kappa shape index (κ3) is 3.94. The van der Waals surface area contributed by atoms with Crippen LogP contribution >= 0.6 is 0 Å². The summed E-state index contributed by atoms with van der Waals surface area (Å²) < 4.78 is 0. The van der Waals surface area contributed by atoms with Gasteiger partial charge in [0.15, 0.2) is 0 Å². The Hall–Kier alpha value is -7.54. The molecular formula is C59H34. The Morgan fingerprint density at radius 2 is 0.797 bits per heavy atom. The highest BCUT2D eigenvalue weighted by molar-refractivity contribution is 6.22. The highest BCUT2D eigenvalue weighted by Gasteiger charge is 2.53. The Kier molecular flexibility index (Phi) is 6.05. The molecule has 0 heterocycles. The Balaban J connectivity index is 0.995. The summed E-state index contributed by atoms with van der Waals surface area (Å²) in [6, 6.07) is 78.0. The van der Waals surface area contributed by atoms with Gasteiger partial charge in [0.1, 0.15) is 0 Å². The largest absolute Gasteiger partial charge is 0.0731 e. The zero-order valence-corrected chi connectivity index (χ0v) is 32.1. The Morgan fingerprint density at radius 3 is 1.54 bits per heavy atom. The molecule has 0 aliphatic heterocycles. The molecule has 0 N–H and O–H groups in total. The van der Waals surface area contributed by atoms with Gasteiger partial charge in [-0.25, -0.2) is 0 Å².